The standard InChI is InChI=1S/C25H26N2O5S/c1-17(28)26-12-4-5-19-8-10-20(11-9-19)24(29)15-32-25(30)21-6-3-7-23(13-21)31-14-22-16-33-18(2)27-22/h3,6-11,13,16H,4-5,12,14-15H2,1-2H3,(H,26,28). The summed E-state index contributed by atoms with van der Waals surface area (Å²) in [7, 11) is 0. The number of esters is 1. The zero-order valence-electron chi connectivity index (χ0n) is 18.6. The molecule has 0 aliphatic carbocycles. The van der Waals surface area contributed by atoms with Gasteiger partial charge in [-0.25, -0.2) is 9.78 Å². The predicted molar refractivity (Wildman–Crippen MR) is 126 cm³/mol. The number of hydrogen-bond donors (Lipinski definition) is 1. The molecule has 1 N–H and O–H groups in total. The number of ketones is 1. The second-order valence-corrected chi connectivity index (χ2v) is 8.52. The van der Waals surface area contributed by atoms with Gasteiger partial charge in [0.1, 0.15) is 12.4 Å². The molecule has 0 radical (unpaired) electrons. The fourth-order valence-corrected chi connectivity index (χ4v) is 3.65. The van der Waals surface area contributed by atoms with Crippen LogP contribution in [-0.2, 0) is 22.6 Å². The lowest BCUT2D eigenvalue weighted by molar-refractivity contribution is -0.118. The van der Waals surface area contributed by atoms with E-state index in [1.54, 1.807) is 47.7 Å². The number of benzene rings is 2. The average Bonchev–Trinajstić information content (AvgIpc) is 3.24. The third-order valence-electron chi connectivity index (χ3n) is 4.75. The van der Waals surface area contributed by atoms with Gasteiger partial charge in [0, 0.05) is 24.4 Å². The summed E-state index contributed by atoms with van der Waals surface area (Å²) in [5.74, 6) is -0.390. The number of carbonyl (C=O) groups excluding carboxylic acids is 3. The second-order valence-electron chi connectivity index (χ2n) is 7.46. The third kappa shape index (κ3) is 7.84. The van der Waals surface area contributed by atoms with E-state index in [1.165, 1.54) is 6.92 Å². The fourth-order valence-electron chi connectivity index (χ4n) is 3.06. The van der Waals surface area contributed by atoms with Crippen LogP contribution < -0.4 is 10.1 Å². The van der Waals surface area contributed by atoms with Crippen molar-refractivity contribution in [2.45, 2.75) is 33.3 Å². The van der Waals surface area contributed by atoms with Gasteiger partial charge in [0.2, 0.25) is 5.91 Å². The Balaban J connectivity index is 1.46. The van der Waals surface area contributed by atoms with E-state index in [2.05, 4.69) is 10.3 Å². The molecule has 7 nitrogen and oxygen atoms in total. The summed E-state index contributed by atoms with van der Waals surface area (Å²) in [5.41, 5.74) is 2.68. The van der Waals surface area contributed by atoms with Gasteiger partial charge in [-0.05, 0) is 43.5 Å². The zero-order chi connectivity index (χ0) is 23.6. The molecule has 2 aromatic carbocycles. The first-order chi connectivity index (χ1) is 15.9. The Morgan fingerprint density at radius 3 is 2.55 bits per heavy atom. The Kier molecular flexibility index (Phi) is 8.71. The lowest BCUT2D eigenvalue weighted by atomic mass is 10.1. The Labute approximate surface area is 196 Å². The van der Waals surface area contributed by atoms with Gasteiger partial charge in [0.25, 0.3) is 0 Å². The number of thiazole rings is 1. The second kappa shape index (κ2) is 11.9. The maximum Gasteiger partial charge on any atom is 0.338 e. The number of Topliss-reactive ketones (excluding diaryl/α,β-unsaturated/α-hetero) is 1. The number of carbonyl (C=O) groups is 3. The highest BCUT2D eigenvalue weighted by Crippen LogP contribution is 2.17. The van der Waals surface area contributed by atoms with E-state index in [0.29, 0.717) is 30.0 Å². The van der Waals surface area contributed by atoms with Crippen LogP contribution in [0, 0.1) is 6.92 Å². The minimum atomic E-state index is -0.590. The topological polar surface area (TPSA) is 94.6 Å². The molecule has 0 bridgehead atoms. The van der Waals surface area contributed by atoms with Crippen molar-refractivity contribution in [2.24, 2.45) is 0 Å². The number of nitrogens with one attached hydrogen (secondary N) is 1. The molecule has 0 atom stereocenters. The van der Waals surface area contributed by atoms with Crippen molar-refractivity contribution in [3.8, 4) is 5.75 Å². The maximum atomic E-state index is 12.4. The molecule has 3 rings (SSSR count). The largest absolute Gasteiger partial charge is 0.487 e. The van der Waals surface area contributed by atoms with Crippen molar-refractivity contribution in [1.29, 1.82) is 0 Å². The summed E-state index contributed by atoms with van der Waals surface area (Å²) in [6.45, 7) is 4.00. The molecule has 33 heavy (non-hydrogen) atoms. The monoisotopic (exact) mass is 466 g/mol. The normalized spacial score (nSPS) is 10.5. The number of nitrogens with zero attached hydrogens (tertiary/aromatic N) is 1. The third-order valence-corrected chi connectivity index (χ3v) is 5.57. The highest BCUT2D eigenvalue weighted by Gasteiger charge is 2.13. The van der Waals surface area contributed by atoms with Crippen LogP contribution in [0.2, 0.25) is 0 Å². The van der Waals surface area contributed by atoms with Crippen molar-refractivity contribution >= 4 is 29.0 Å². The first-order valence-electron chi connectivity index (χ1n) is 10.6. The van der Waals surface area contributed by atoms with E-state index in [9.17, 15) is 14.4 Å². The van der Waals surface area contributed by atoms with E-state index >= 15 is 0 Å². The molecule has 1 amide bonds. The number of amides is 1. The van der Waals surface area contributed by atoms with Gasteiger partial charge in [0.05, 0.1) is 16.3 Å². The van der Waals surface area contributed by atoms with Crippen molar-refractivity contribution in [1.82, 2.24) is 10.3 Å². The lowest BCUT2D eigenvalue weighted by Gasteiger charge is -2.08. The predicted octanol–water partition coefficient (Wildman–Crippen LogP) is 4.14. The molecule has 8 heteroatoms. The SMILES string of the molecule is CC(=O)NCCCc1ccc(C(=O)COC(=O)c2cccc(OCc3csc(C)n3)c2)cc1. The zero-order valence-corrected chi connectivity index (χ0v) is 19.4. The summed E-state index contributed by atoms with van der Waals surface area (Å²) in [6.07, 6.45) is 1.61. The van der Waals surface area contributed by atoms with Gasteiger partial charge in [-0.15, -0.1) is 11.3 Å². The van der Waals surface area contributed by atoms with Crippen LogP contribution in [-0.4, -0.2) is 35.8 Å². The van der Waals surface area contributed by atoms with E-state index < -0.39 is 5.97 Å². The smallest absolute Gasteiger partial charge is 0.338 e. The van der Waals surface area contributed by atoms with Crippen LogP contribution in [0.4, 0.5) is 0 Å². The average molecular weight is 467 g/mol. The first kappa shape index (κ1) is 24.1. The van der Waals surface area contributed by atoms with Crippen LogP contribution >= 0.6 is 11.3 Å². The van der Waals surface area contributed by atoms with Gasteiger partial charge >= 0.3 is 5.97 Å². The van der Waals surface area contributed by atoms with Crippen molar-refractivity contribution in [3.05, 3.63) is 81.3 Å². The fraction of sp³-hybridized carbons (Fsp3) is 0.280. The van der Waals surface area contributed by atoms with Crippen LogP contribution in [0.5, 0.6) is 5.75 Å². The first-order valence-corrected chi connectivity index (χ1v) is 11.5. The molecule has 0 saturated carbocycles. The Hall–Kier alpha value is -3.52. The molecule has 172 valence electrons. The van der Waals surface area contributed by atoms with Gasteiger partial charge in [-0.3, -0.25) is 9.59 Å². The minimum absolute atomic E-state index is 0.0459. The number of rotatable bonds is 11. The molecule has 3 aromatic rings. The van der Waals surface area contributed by atoms with E-state index in [4.69, 9.17) is 9.47 Å². The highest BCUT2D eigenvalue weighted by atomic mass is 32.1. The van der Waals surface area contributed by atoms with Gasteiger partial charge < -0.3 is 14.8 Å². The summed E-state index contributed by atoms with van der Waals surface area (Å²) in [5, 5.41) is 5.65. The molecule has 0 unspecified atom stereocenters. The summed E-state index contributed by atoms with van der Waals surface area (Å²) >= 11 is 1.55. The van der Waals surface area contributed by atoms with Crippen LogP contribution in [0.1, 0.15) is 50.3 Å². The Morgan fingerprint density at radius 2 is 1.85 bits per heavy atom. The summed E-state index contributed by atoms with van der Waals surface area (Å²) in [4.78, 5) is 40.0. The quantitative estimate of drug-likeness (QED) is 0.259. The van der Waals surface area contributed by atoms with Gasteiger partial charge in [0.15, 0.2) is 12.4 Å². The van der Waals surface area contributed by atoms with Crippen LogP contribution in [0.3, 0.4) is 0 Å². The van der Waals surface area contributed by atoms with Gasteiger partial charge in [-0.1, -0.05) is 30.3 Å². The highest BCUT2D eigenvalue weighted by molar-refractivity contribution is 7.09. The minimum Gasteiger partial charge on any atom is -0.487 e. The molecule has 0 aliphatic heterocycles. The van der Waals surface area contributed by atoms with E-state index in [1.807, 2.05) is 24.4 Å². The van der Waals surface area contributed by atoms with Crippen LogP contribution in [0.15, 0.2) is 53.9 Å². The summed E-state index contributed by atoms with van der Waals surface area (Å²) < 4.78 is 10.9. The number of aryl methyl sites for hydroxylation is 2. The Morgan fingerprint density at radius 1 is 1.06 bits per heavy atom. The number of ether oxygens (including phenoxy) is 2. The number of aromatic nitrogens is 1. The molecule has 0 saturated heterocycles. The van der Waals surface area contributed by atoms with Gasteiger partial charge in [-0.2, -0.15) is 0 Å². The van der Waals surface area contributed by atoms with Crippen molar-refractivity contribution < 1.29 is 23.9 Å². The maximum absolute atomic E-state index is 12.4. The number of hydrogen-bond acceptors (Lipinski definition) is 7. The molecular formula is C25H26N2O5S. The molecule has 1 aromatic heterocycles. The van der Waals surface area contributed by atoms with E-state index in [-0.39, 0.29) is 18.3 Å². The molecule has 0 fully saturated rings. The molecule has 0 aliphatic rings. The molecule has 0 spiro atoms. The van der Waals surface area contributed by atoms with E-state index in [0.717, 1.165) is 29.1 Å². The molecule has 1 heterocycles. The Bertz CT molecular complexity index is 1110. The van der Waals surface area contributed by atoms with Crippen molar-refractivity contribution in [3.63, 3.8) is 0 Å². The van der Waals surface area contributed by atoms with Crippen LogP contribution in [0.25, 0.3) is 0 Å². The summed E-state index contributed by atoms with van der Waals surface area (Å²) in [6, 6.07) is 13.8. The molecular weight excluding hydrogens is 440 g/mol. The van der Waals surface area contributed by atoms with Crippen molar-refractivity contribution in [2.75, 3.05) is 13.2 Å². The lowest BCUT2D eigenvalue weighted by Crippen LogP contribution is -2.21.